The van der Waals surface area contributed by atoms with E-state index in [4.69, 9.17) is 0 Å². The number of hydrogen-bond acceptors (Lipinski definition) is 5. The van der Waals surface area contributed by atoms with Gasteiger partial charge in [0, 0.05) is 44.5 Å². The van der Waals surface area contributed by atoms with Gasteiger partial charge in [0.05, 0.1) is 30.2 Å². The van der Waals surface area contributed by atoms with E-state index in [1.165, 1.54) is 18.5 Å². The normalized spacial score (nSPS) is 18.0. The first-order chi connectivity index (χ1) is 13.7. The molecule has 4 heterocycles. The third-order valence-corrected chi connectivity index (χ3v) is 5.97. The molecule has 1 aliphatic carbocycles. The van der Waals surface area contributed by atoms with Gasteiger partial charge in [-0.15, -0.1) is 12.4 Å². The second-order valence-corrected chi connectivity index (χ2v) is 8.18. The predicted molar refractivity (Wildman–Crippen MR) is 110 cm³/mol. The molecule has 8 nitrogen and oxygen atoms in total. The third kappa shape index (κ3) is 4.38. The summed E-state index contributed by atoms with van der Waals surface area (Å²) in [5, 5.41) is 7.94. The van der Waals surface area contributed by atoms with E-state index in [0.29, 0.717) is 38.3 Å². The highest BCUT2D eigenvalue weighted by Gasteiger charge is 2.27. The number of carbonyl (C=O) groups excluding carboxylic acids is 1. The first-order valence-electron chi connectivity index (χ1n) is 10.3. The average Bonchev–Trinajstić information content (AvgIpc) is 3.40. The Kier molecular flexibility index (Phi) is 5.74. The maximum Gasteiger partial charge on any atom is 0.254 e. The highest BCUT2D eigenvalue weighted by atomic mass is 35.5. The molecule has 1 saturated carbocycles. The van der Waals surface area contributed by atoms with Crippen molar-refractivity contribution in [3.8, 4) is 0 Å². The van der Waals surface area contributed by atoms with Gasteiger partial charge in [-0.2, -0.15) is 5.10 Å². The van der Waals surface area contributed by atoms with Gasteiger partial charge in [0.2, 0.25) is 5.91 Å². The minimum absolute atomic E-state index is 0. The van der Waals surface area contributed by atoms with E-state index in [2.05, 4.69) is 26.4 Å². The van der Waals surface area contributed by atoms with Crippen LogP contribution in [-0.4, -0.2) is 43.6 Å². The number of aromatic amines is 1. The molecule has 1 fully saturated rings. The Morgan fingerprint density at radius 3 is 2.93 bits per heavy atom. The minimum Gasteiger partial charge on any atom is -0.336 e. The van der Waals surface area contributed by atoms with Crippen LogP contribution in [0.25, 0.3) is 0 Å². The lowest BCUT2D eigenvalue weighted by molar-refractivity contribution is -0.132. The van der Waals surface area contributed by atoms with Crippen LogP contribution in [0, 0.1) is 5.92 Å². The van der Waals surface area contributed by atoms with Crippen molar-refractivity contribution in [2.75, 3.05) is 13.1 Å². The number of amides is 1. The van der Waals surface area contributed by atoms with Crippen molar-refractivity contribution in [3.05, 3.63) is 44.9 Å². The highest BCUT2D eigenvalue weighted by molar-refractivity contribution is 5.85. The van der Waals surface area contributed by atoms with E-state index in [1.807, 2.05) is 9.58 Å². The molecule has 0 radical (unpaired) electrons. The number of hydrogen-bond donors (Lipinski definition) is 2. The van der Waals surface area contributed by atoms with E-state index in [-0.39, 0.29) is 23.9 Å². The van der Waals surface area contributed by atoms with Gasteiger partial charge in [-0.1, -0.05) is 0 Å². The van der Waals surface area contributed by atoms with E-state index in [1.54, 1.807) is 0 Å². The zero-order chi connectivity index (χ0) is 19.1. The molecule has 1 amide bonds. The van der Waals surface area contributed by atoms with E-state index in [0.717, 1.165) is 48.8 Å². The van der Waals surface area contributed by atoms with Crippen molar-refractivity contribution in [1.82, 2.24) is 30.0 Å². The summed E-state index contributed by atoms with van der Waals surface area (Å²) >= 11 is 0. The summed E-state index contributed by atoms with van der Waals surface area (Å²) in [6.45, 7) is 3.69. The molecule has 3 aliphatic rings. The number of fused-ring (bicyclic) bond motifs is 2. The molecule has 0 unspecified atom stereocenters. The third-order valence-electron chi connectivity index (χ3n) is 5.97. The Balaban J connectivity index is 0.00000205. The number of carbonyl (C=O) groups is 1. The molecule has 2 aliphatic heterocycles. The van der Waals surface area contributed by atoms with Crippen molar-refractivity contribution >= 4 is 18.3 Å². The second-order valence-electron chi connectivity index (χ2n) is 8.18. The second kappa shape index (κ2) is 8.28. The van der Waals surface area contributed by atoms with Crippen LogP contribution in [-0.2, 0) is 43.7 Å². The Labute approximate surface area is 175 Å². The molecule has 5 rings (SSSR count). The van der Waals surface area contributed by atoms with Crippen molar-refractivity contribution < 1.29 is 4.79 Å². The topological polar surface area (TPSA) is 95.9 Å². The molecule has 0 aromatic carbocycles. The summed E-state index contributed by atoms with van der Waals surface area (Å²) in [5.74, 6) is 1.55. The molecule has 0 saturated heterocycles. The molecule has 2 aromatic heterocycles. The van der Waals surface area contributed by atoms with Gasteiger partial charge in [0.1, 0.15) is 5.82 Å². The van der Waals surface area contributed by atoms with Crippen LogP contribution in [0.15, 0.2) is 10.9 Å². The molecule has 0 spiro atoms. The predicted octanol–water partition coefficient (Wildman–Crippen LogP) is 0.961. The minimum atomic E-state index is -0.0232. The van der Waals surface area contributed by atoms with Gasteiger partial charge in [-0.25, -0.2) is 4.98 Å². The van der Waals surface area contributed by atoms with Gasteiger partial charge < -0.3 is 15.2 Å². The maximum atomic E-state index is 12.7. The summed E-state index contributed by atoms with van der Waals surface area (Å²) in [6.07, 6.45) is 4.96. The van der Waals surface area contributed by atoms with Crippen LogP contribution in [0.1, 0.15) is 47.7 Å². The first-order valence-corrected chi connectivity index (χ1v) is 10.3. The van der Waals surface area contributed by atoms with E-state index in [9.17, 15) is 9.59 Å². The lowest BCUT2D eigenvalue weighted by Crippen LogP contribution is -2.39. The molecule has 156 valence electrons. The van der Waals surface area contributed by atoms with Gasteiger partial charge in [-0.3, -0.25) is 14.3 Å². The standard InChI is InChI=1S/C20H26N6O2.ClH/c27-19(4-3-14-10-15-11-21-6-8-26(15)24-14)25-7-5-16-17(12-25)22-18(23-20(16)28)9-13-1-2-13;/h10,13,21H,1-9,11-12H2,(H,22,23,28);1H. The Hall–Kier alpha value is -2.19. The number of nitrogens with zero attached hydrogens (tertiary/aromatic N) is 4. The van der Waals surface area contributed by atoms with E-state index < -0.39 is 0 Å². The quantitative estimate of drug-likeness (QED) is 0.754. The molecule has 29 heavy (non-hydrogen) atoms. The zero-order valence-electron chi connectivity index (χ0n) is 16.4. The maximum absolute atomic E-state index is 12.7. The summed E-state index contributed by atoms with van der Waals surface area (Å²) in [4.78, 5) is 34.6. The first kappa shape index (κ1) is 20.1. The van der Waals surface area contributed by atoms with Crippen LogP contribution in [0.5, 0.6) is 0 Å². The SMILES string of the molecule is Cl.O=C(CCc1cc2n(n1)CCNC2)N1CCc2c(nc(CC3CC3)[nH]c2=O)C1. The molecular formula is C20H27ClN6O2. The summed E-state index contributed by atoms with van der Waals surface area (Å²) in [7, 11) is 0. The summed E-state index contributed by atoms with van der Waals surface area (Å²) < 4.78 is 2.03. The smallest absolute Gasteiger partial charge is 0.254 e. The molecule has 9 heteroatoms. The fraction of sp³-hybridized carbons (Fsp3) is 0.600. The van der Waals surface area contributed by atoms with Crippen molar-refractivity contribution in [2.45, 2.75) is 58.2 Å². The number of aryl methyl sites for hydroxylation is 1. The van der Waals surface area contributed by atoms with Crippen LogP contribution in [0.3, 0.4) is 0 Å². The van der Waals surface area contributed by atoms with Crippen LogP contribution < -0.4 is 10.9 Å². The largest absolute Gasteiger partial charge is 0.336 e. The van der Waals surface area contributed by atoms with Gasteiger partial charge in [0.25, 0.3) is 5.56 Å². The van der Waals surface area contributed by atoms with Crippen molar-refractivity contribution in [3.63, 3.8) is 0 Å². The Morgan fingerprint density at radius 2 is 2.14 bits per heavy atom. The molecule has 2 aromatic rings. The fourth-order valence-corrected chi connectivity index (χ4v) is 4.16. The number of rotatable bonds is 5. The highest BCUT2D eigenvalue weighted by Crippen LogP contribution is 2.31. The lowest BCUT2D eigenvalue weighted by Gasteiger charge is -2.28. The Morgan fingerprint density at radius 1 is 1.28 bits per heavy atom. The summed E-state index contributed by atoms with van der Waals surface area (Å²) in [5.41, 5.74) is 3.67. The number of halogens is 1. The van der Waals surface area contributed by atoms with E-state index >= 15 is 0 Å². The molecule has 2 N–H and O–H groups in total. The van der Waals surface area contributed by atoms with Crippen molar-refractivity contribution in [1.29, 1.82) is 0 Å². The molecule has 0 bridgehead atoms. The average molecular weight is 419 g/mol. The van der Waals surface area contributed by atoms with Crippen LogP contribution in [0.2, 0.25) is 0 Å². The van der Waals surface area contributed by atoms with Crippen LogP contribution in [0.4, 0.5) is 0 Å². The molecule has 0 atom stereocenters. The summed E-state index contributed by atoms with van der Waals surface area (Å²) in [6, 6.07) is 2.09. The van der Waals surface area contributed by atoms with Gasteiger partial charge >= 0.3 is 0 Å². The number of H-pyrrole nitrogens is 1. The number of nitrogens with one attached hydrogen (secondary N) is 2. The fourth-order valence-electron chi connectivity index (χ4n) is 4.16. The van der Waals surface area contributed by atoms with Crippen LogP contribution >= 0.6 is 12.4 Å². The molecular weight excluding hydrogens is 392 g/mol. The van der Waals surface area contributed by atoms with Crippen molar-refractivity contribution in [2.24, 2.45) is 5.92 Å². The zero-order valence-corrected chi connectivity index (χ0v) is 17.3. The Bertz CT molecular complexity index is 941. The van der Waals surface area contributed by atoms with Gasteiger partial charge in [-0.05, 0) is 31.2 Å². The number of aromatic nitrogens is 4. The van der Waals surface area contributed by atoms with Gasteiger partial charge in [0.15, 0.2) is 0 Å². The lowest BCUT2D eigenvalue weighted by atomic mass is 10.1. The monoisotopic (exact) mass is 418 g/mol.